The van der Waals surface area contributed by atoms with Crippen LogP contribution in [0.2, 0.25) is 0 Å². The predicted octanol–water partition coefficient (Wildman–Crippen LogP) is 1.80. The summed E-state index contributed by atoms with van der Waals surface area (Å²) in [5.41, 5.74) is 0. The van der Waals surface area contributed by atoms with E-state index in [0.717, 1.165) is 12.1 Å². The van der Waals surface area contributed by atoms with Crippen molar-refractivity contribution in [2.45, 2.75) is 25.8 Å². The monoisotopic (exact) mass is 302 g/mol. The van der Waals surface area contributed by atoms with Gasteiger partial charge in [-0.2, -0.15) is 0 Å². The largest absolute Gasteiger partial charge is 0.492 e. The van der Waals surface area contributed by atoms with Gasteiger partial charge in [0.2, 0.25) is 0 Å². The Bertz CT molecular complexity index is 458. The molecule has 0 aliphatic heterocycles. The molecular weight excluding hydrogens is 282 g/mol. The number of hydrogen-bond acceptors (Lipinski definition) is 3. The maximum atomic E-state index is 12.9. The number of amides is 2. The van der Waals surface area contributed by atoms with Gasteiger partial charge in [-0.05, 0) is 31.9 Å². The van der Waals surface area contributed by atoms with E-state index in [9.17, 15) is 13.6 Å². The van der Waals surface area contributed by atoms with Crippen LogP contribution < -0.4 is 15.4 Å². The van der Waals surface area contributed by atoms with Crippen molar-refractivity contribution in [3.63, 3.8) is 0 Å². The SMILES string of the molecule is CC(CCCO)NC(=O)NCCOc1ccc(F)c(F)c1. The van der Waals surface area contributed by atoms with Crippen molar-refractivity contribution in [1.82, 2.24) is 10.6 Å². The molecule has 0 aliphatic rings. The number of ether oxygens (including phenoxy) is 1. The first-order valence-corrected chi connectivity index (χ1v) is 6.76. The van der Waals surface area contributed by atoms with E-state index in [4.69, 9.17) is 9.84 Å². The van der Waals surface area contributed by atoms with Crippen LogP contribution in [0, 0.1) is 11.6 Å². The molecule has 1 unspecified atom stereocenters. The van der Waals surface area contributed by atoms with Gasteiger partial charge >= 0.3 is 6.03 Å². The Morgan fingerprint density at radius 1 is 1.38 bits per heavy atom. The van der Waals surface area contributed by atoms with Crippen LogP contribution in [0.25, 0.3) is 0 Å². The summed E-state index contributed by atoms with van der Waals surface area (Å²) in [6.07, 6.45) is 1.32. The van der Waals surface area contributed by atoms with Gasteiger partial charge in [-0.15, -0.1) is 0 Å². The molecule has 0 bridgehead atoms. The molecule has 0 radical (unpaired) electrons. The zero-order valence-corrected chi connectivity index (χ0v) is 11.9. The second-order valence-electron chi connectivity index (χ2n) is 4.59. The van der Waals surface area contributed by atoms with Gasteiger partial charge in [-0.3, -0.25) is 0 Å². The molecule has 0 spiro atoms. The van der Waals surface area contributed by atoms with Crippen molar-refractivity contribution in [3.05, 3.63) is 29.8 Å². The molecule has 1 aromatic rings. The van der Waals surface area contributed by atoms with E-state index in [2.05, 4.69) is 10.6 Å². The van der Waals surface area contributed by atoms with Crippen LogP contribution >= 0.6 is 0 Å². The van der Waals surface area contributed by atoms with Gasteiger partial charge in [0.05, 0.1) is 6.54 Å². The summed E-state index contributed by atoms with van der Waals surface area (Å²) in [4.78, 5) is 11.5. The van der Waals surface area contributed by atoms with Crippen LogP contribution in [0.1, 0.15) is 19.8 Å². The number of benzene rings is 1. The van der Waals surface area contributed by atoms with E-state index >= 15 is 0 Å². The molecular formula is C14H20F2N2O3. The highest BCUT2D eigenvalue weighted by molar-refractivity contribution is 5.74. The molecule has 0 saturated heterocycles. The smallest absolute Gasteiger partial charge is 0.315 e. The first kappa shape index (κ1) is 17.2. The molecule has 21 heavy (non-hydrogen) atoms. The standard InChI is InChI=1S/C14H20F2N2O3/c1-10(3-2-7-19)18-14(20)17-6-8-21-11-4-5-12(15)13(16)9-11/h4-5,9-10,19H,2-3,6-8H2,1H3,(H2,17,18,20). The molecule has 0 aliphatic carbocycles. The molecule has 3 N–H and O–H groups in total. The number of rotatable bonds is 8. The number of nitrogens with one attached hydrogen (secondary N) is 2. The number of carbonyl (C=O) groups excluding carboxylic acids is 1. The number of aliphatic hydroxyl groups excluding tert-OH is 1. The fraction of sp³-hybridized carbons (Fsp3) is 0.500. The van der Waals surface area contributed by atoms with Gasteiger partial charge in [-0.25, -0.2) is 13.6 Å². The minimum Gasteiger partial charge on any atom is -0.492 e. The maximum absolute atomic E-state index is 12.9. The molecule has 1 rings (SSSR count). The topological polar surface area (TPSA) is 70.6 Å². The molecule has 118 valence electrons. The van der Waals surface area contributed by atoms with Crippen LogP contribution in [0.15, 0.2) is 18.2 Å². The maximum Gasteiger partial charge on any atom is 0.315 e. The molecule has 5 nitrogen and oxygen atoms in total. The Morgan fingerprint density at radius 3 is 2.81 bits per heavy atom. The minimum absolute atomic E-state index is 0.0377. The van der Waals surface area contributed by atoms with Gasteiger partial charge in [-0.1, -0.05) is 0 Å². The van der Waals surface area contributed by atoms with Gasteiger partial charge in [0.1, 0.15) is 12.4 Å². The highest BCUT2D eigenvalue weighted by Gasteiger charge is 2.06. The summed E-state index contributed by atoms with van der Waals surface area (Å²) in [6, 6.07) is 2.87. The summed E-state index contributed by atoms with van der Waals surface area (Å²) >= 11 is 0. The Kier molecular flexibility index (Phi) is 7.45. The van der Waals surface area contributed by atoms with Crippen molar-refractivity contribution < 1.29 is 23.4 Å². The molecule has 2 amide bonds. The van der Waals surface area contributed by atoms with Crippen LogP contribution in [0.3, 0.4) is 0 Å². The second-order valence-corrected chi connectivity index (χ2v) is 4.59. The van der Waals surface area contributed by atoms with E-state index in [1.165, 1.54) is 6.07 Å². The quantitative estimate of drug-likeness (QED) is 0.641. The number of halogens is 2. The van der Waals surface area contributed by atoms with Crippen molar-refractivity contribution in [2.75, 3.05) is 19.8 Å². The first-order valence-electron chi connectivity index (χ1n) is 6.76. The van der Waals surface area contributed by atoms with Crippen molar-refractivity contribution >= 4 is 6.03 Å². The zero-order chi connectivity index (χ0) is 15.7. The Morgan fingerprint density at radius 2 is 2.14 bits per heavy atom. The highest BCUT2D eigenvalue weighted by atomic mass is 19.2. The van der Waals surface area contributed by atoms with Crippen LogP contribution in [-0.2, 0) is 0 Å². The third-order valence-corrected chi connectivity index (χ3v) is 2.72. The molecule has 1 atom stereocenters. The molecule has 0 heterocycles. The third-order valence-electron chi connectivity index (χ3n) is 2.72. The Hall–Kier alpha value is -1.89. The summed E-state index contributed by atoms with van der Waals surface area (Å²) in [6.45, 7) is 2.31. The molecule has 0 fully saturated rings. The van der Waals surface area contributed by atoms with Gasteiger partial charge in [0.15, 0.2) is 11.6 Å². The molecule has 0 saturated carbocycles. The average molecular weight is 302 g/mol. The third kappa shape index (κ3) is 6.89. The normalized spacial score (nSPS) is 11.8. The Labute approximate surface area is 122 Å². The van der Waals surface area contributed by atoms with Crippen molar-refractivity contribution in [1.29, 1.82) is 0 Å². The summed E-state index contributed by atoms with van der Waals surface area (Å²) in [7, 11) is 0. The molecule has 7 heteroatoms. The van der Waals surface area contributed by atoms with E-state index in [0.29, 0.717) is 12.8 Å². The lowest BCUT2D eigenvalue weighted by Crippen LogP contribution is -2.42. The van der Waals surface area contributed by atoms with Crippen LogP contribution in [0.5, 0.6) is 5.75 Å². The lowest BCUT2D eigenvalue weighted by Gasteiger charge is -2.14. The number of aliphatic hydroxyl groups is 1. The number of hydrogen-bond donors (Lipinski definition) is 3. The fourth-order valence-electron chi connectivity index (χ4n) is 1.64. The first-order chi connectivity index (χ1) is 10.0. The van der Waals surface area contributed by atoms with E-state index in [-0.39, 0.29) is 37.6 Å². The van der Waals surface area contributed by atoms with Crippen LogP contribution in [-0.4, -0.2) is 36.9 Å². The van der Waals surface area contributed by atoms with Gasteiger partial charge in [0, 0.05) is 18.7 Å². The summed E-state index contributed by atoms with van der Waals surface area (Å²) in [5, 5.41) is 14.0. The number of carbonyl (C=O) groups is 1. The fourth-order valence-corrected chi connectivity index (χ4v) is 1.64. The lowest BCUT2D eigenvalue weighted by molar-refractivity contribution is 0.230. The van der Waals surface area contributed by atoms with Crippen LogP contribution in [0.4, 0.5) is 13.6 Å². The van der Waals surface area contributed by atoms with Crippen molar-refractivity contribution in [2.24, 2.45) is 0 Å². The summed E-state index contributed by atoms with van der Waals surface area (Å²) < 4.78 is 30.8. The van der Waals surface area contributed by atoms with Gasteiger partial charge in [0.25, 0.3) is 0 Å². The highest BCUT2D eigenvalue weighted by Crippen LogP contribution is 2.14. The average Bonchev–Trinajstić information content (AvgIpc) is 2.45. The van der Waals surface area contributed by atoms with E-state index in [1.807, 2.05) is 6.92 Å². The molecule has 1 aromatic carbocycles. The van der Waals surface area contributed by atoms with Crippen molar-refractivity contribution in [3.8, 4) is 5.75 Å². The van der Waals surface area contributed by atoms with Gasteiger partial charge < -0.3 is 20.5 Å². The predicted molar refractivity (Wildman–Crippen MR) is 74.2 cm³/mol. The lowest BCUT2D eigenvalue weighted by atomic mass is 10.2. The second kappa shape index (κ2) is 9.12. The van der Waals surface area contributed by atoms with E-state index < -0.39 is 11.6 Å². The Balaban J connectivity index is 2.18. The summed E-state index contributed by atoms with van der Waals surface area (Å²) in [5.74, 6) is -1.71. The minimum atomic E-state index is -0.976. The number of urea groups is 1. The molecule has 0 aromatic heterocycles. The van der Waals surface area contributed by atoms with E-state index in [1.54, 1.807) is 0 Å². The zero-order valence-electron chi connectivity index (χ0n) is 11.9.